The minimum atomic E-state index is -0.0880. The number of allylic oxidation sites excluding steroid dienone is 6. The van der Waals surface area contributed by atoms with Crippen LogP contribution in [0, 0.1) is 74.4 Å². The molecular formula is C45H74O8. The highest BCUT2D eigenvalue weighted by Gasteiger charge is 2.74. The second-order valence-electron chi connectivity index (χ2n) is 19.3. The maximum absolute atomic E-state index is 11.5. The fraction of sp³-hybridized carbons (Fsp3) is 0.778. The van der Waals surface area contributed by atoms with Crippen LogP contribution in [-0.2, 0) is 38.1 Å². The van der Waals surface area contributed by atoms with Gasteiger partial charge in [0.05, 0.1) is 52.1 Å². The van der Waals surface area contributed by atoms with Crippen LogP contribution in [0.4, 0.5) is 0 Å². The van der Waals surface area contributed by atoms with Crippen molar-refractivity contribution in [2.45, 2.75) is 123 Å². The molecule has 0 radical (unpaired) electrons. The number of methoxy groups -OCH3 is 4. The zero-order valence-electron chi connectivity index (χ0n) is 36.7. The van der Waals surface area contributed by atoms with Crippen LogP contribution in [0.2, 0.25) is 0 Å². The molecule has 0 aromatic carbocycles. The molecule has 0 amide bonds. The van der Waals surface area contributed by atoms with Crippen molar-refractivity contribution in [3.05, 3.63) is 34.9 Å². The van der Waals surface area contributed by atoms with E-state index in [-0.39, 0.29) is 69.2 Å². The van der Waals surface area contributed by atoms with E-state index in [1.54, 1.807) is 0 Å². The topological polar surface area (TPSA) is 105 Å². The zero-order valence-corrected chi connectivity index (χ0v) is 36.7. The number of carbonyl (C=O) groups excluding carboxylic acids is 4. The van der Waals surface area contributed by atoms with Crippen molar-refractivity contribution in [1.29, 1.82) is 0 Å². The molecule has 8 atom stereocenters. The second-order valence-corrected chi connectivity index (χ2v) is 19.3. The summed E-state index contributed by atoms with van der Waals surface area (Å²) in [5.41, 5.74) is 4.42. The van der Waals surface area contributed by atoms with Gasteiger partial charge >= 0.3 is 23.9 Å². The van der Waals surface area contributed by atoms with E-state index in [2.05, 4.69) is 122 Å². The van der Waals surface area contributed by atoms with Crippen molar-refractivity contribution in [2.24, 2.45) is 74.4 Å². The van der Waals surface area contributed by atoms with E-state index in [1.807, 2.05) is 0 Å². The Morgan fingerprint density at radius 1 is 0.585 bits per heavy atom. The van der Waals surface area contributed by atoms with Crippen LogP contribution in [0.25, 0.3) is 0 Å². The molecule has 8 heteroatoms. The lowest BCUT2D eigenvalue weighted by atomic mass is 9.96. The van der Waals surface area contributed by atoms with Gasteiger partial charge in [0.2, 0.25) is 0 Å². The Labute approximate surface area is 322 Å². The number of hydrogen-bond acceptors (Lipinski definition) is 8. The van der Waals surface area contributed by atoms with Crippen molar-refractivity contribution in [3.63, 3.8) is 0 Å². The summed E-state index contributed by atoms with van der Waals surface area (Å²) in [5, 5.41) is 0. The van der Waals surface area contributed by atoms with E-state index >= 15 is 0 Å². The first-order valence-corrected chi connectivity index (χ1v) is 19.5. The SMILES string of the molecule is COC(=O)C1C(C)(C)C1(C)C=C(C)C.COC(=O)C1C(C=C(C)C)C1(C)C.COC(=O)C1C(C=C(C)C)C12CC2.COC(=O)C1C(CC(C)C)C1(C)C. The summed E-state index contributed by atoms with van der Waals surface area (Å²) in [6, 6.07) is 0. The van der Waals surface area contributed by atoms with E-state index < -0.39 is 0 Å². The first kappa shape index (κ1) is 46.3. The number of esters is 4. The van der Waals surface area contributed by atoms with E-state index in [0.717, 1.165) is 6.42 Å². The molecule has 302 valence electrons. The molecule has 0 aromatic heterocycles. The molecule has 0 N–H and O–H groups in total. The maximum atomic E-state index is 11.5. The molecule has 5 aliphatic rings. The highest BCUT2D eigenvalue weighted by Crippen LogP contribution is 2.76. The summed E-state index contributed by atoms with van der Waals surface area (Å²) in [6.07, 6.45) is 10.1. The third-order valence-corrected chi connectivity index (χ3v) is 13.1. The minimum absolute atomic E-state index is 0.00917. The maximum Gasteiger partial charge on any atom is 0.310 e. The molecule has 0 saturated heterocycles. The van der Waals surface area contributed by atoms with Gasteiger partial charge in [-0.05, 0) is 106 Å². The predicted octanol–water partition coefficient (Wildman–Crippen LogP) is 9.82. The third-order valence-electron chi connectivity index (χ3n) is 13.1. The molecule has 5 aliphatic carbocycles. The Kier molecular flexibility index (Phi) is 14.7. The Bertz CT molecular complexity index is 1400. The van der Waals surface area contributed by atoms with Gasteiger partial charge in [0.1, 0.15) is 0 Å². The quantitative estimate of drug-likeness (QED) is 0.131. The van der Waals surface area contributed by atoms with Gasteiger partial charge in [0.15, 0.2) is 0 Å². The van der Waals surface area contributed by atoms with Crippen LogP contribution in [0.15, 0.2) is 34.9 Å². The fourth-order valence-electron chi connectivity index (χ4n) is 9.19. The Balaban J connectivity index is 0.000000245. The third kappa shape index (κ3) is 10.1. The van der Waals surface area contributed by atoms with Gasteiger partial charge in [0.25, 0.3) is 0 Å². The Hall–Kier alpha value is -2.90. The zero-order chi connectivity index (χ0) is 41.2. The average Bonchev–Trinajstić information content (AvgIpc) is 3.99. The van der Waals surface area contributed by atoms with E-state index in [1.165, 1.54) is 58.0 Å². The monoisotopic (exact) mass is 743 g/mol. The van der Waals surface area contributed by atoms with Gasteiger partial charge in [0, 0.05) is 5.41 Å². The Morgan fingerprint density at radius 2 is 1.00 bits per heavy atom. The van der Waals surface area contributed by atoms with Crippen LogP contribution >= 0.6 is 0 Å². The number of carbonyl (C=O) groups is 4. The molecule has 5 rings (SSSR count). The van der Waals surface area contributed by atoms with Crippen molar-refractivity contribution >= 4 is 23.9 Å². The lowest BCUT2D eigenvalue weighted by Gasteiger charge is -2.08. The molecule has 5 fully saturated rings. The van der Waals surface area contributed by atoms with Crippen molar-refractivity contribution in [3.8, 4) is 0 Å². The number of hydrogen-bond donors (Lipinski definition) is 0. The van der Waals surface area contributed by atoms with E-state index in [4.69, 9.17) is 18.9 Å². The fourth-order valence-corrected chi connectivity index (χ4v) is 9.19. The normalized spacial score (nSPS) is 31.4. The molecule has 0 bridgehead atoms. The molecule has 53 heavy (non-hydrogen) atoms. The molecule has 0 aliphatic heterocycles. The van der Waals surface area contributed by atoms with Crippen LogP contribution < -0.4 is 0 Å². The molecule has 0 heterocycles. The molecule has 0 aromatic rings. The van der Waals surface area contributed by atoms with Crippen LogP contribution in [0.5, 0.6) is 0 Å². The lowest BCUT2D eigenvalue weighted by Crippen LogP contribution is -2.08. The van der Waals surface area contributed by atoms with Crippen molar-refractivity contribution in [1.82, 2.24) is 0 Å². The van der Waals surface area contributed by atoms with Gasteiger partial charge < -0.3 is 18.9 Å². The van der Waals surface area contributed by atoms with E-state index in [9.17, 15) is 19.2 Å². The summed E-state index contributed by atoms with van der Waals surface area (Å²) in [6.45, 7) is 31.7. The summed E-state index contributed by atoms with van der Waals surface area (Å²) < 4.78 is 19.1. The molecule has 8 nitrogen and oxygen atoms in total. The van der Waals surface area contributed by atoms with Gasteiger partial charge in [-0.3, -0.25) is 19.2 Å². The molecule has 5 saturated carbocycles. The van der Waals surface area contributed by atoms with Gasteiger partial charge in [-0.15, -0.1) is 0 Å². The number of ether oxygens (including phenoxy) is 4. The standard InChI is InChI=1S/C12H20O2.C11H16O2.C11H20O2.C11H18O2/c1-8(2)7-12(5)9(10(13)14-6)11(12,3)4;1-7(2)6-8-9(10(12)13-3)11(8)4-5-11;2*1-7(2)6-8-9(10(12)13-5)11(8,3)4/h7,9H,1-6H3;6,8-9H,4-5H2,1-3H3;7-9H,6H2,1-5H3;6,8-9H,1-5H3. The Morgan fingerprint density at radius 3 is 1.38 bits per heavy atom. The van der Waals surface area contributed by atoms with Crippen molar-refractivity contribution in [2.75, 3.05) is 28.4 Å². The highest BCUT2D eigenvalue weighted by molar-refractivity contribution is 5.80. The second kappa shape index (κ2) is 16.9. The molecular weight excluding hydrogens is 668 g/mol. The first-order chi connectivity index (χ1) is 24.2. The van der Waals surface area contributed by atoms with Crippen LogP contribution in [-0.4, -0.2) is 52.3 Å². The molecule has 1 spiro atoms. The van der Waals surface area contributed by atoms with Gasteiger partial charge in [-0.25, -0.2) is 0 Å². The predicted molar refractivity (Wildman–Crippen MR) is 211 cm³/mol. The summed E-state index contributed by atoms with van der Waals surface area (Å²) in [5.74, 6) is 2.21. The summed E-state index contributed by atoms with van der Waals surface area (Å²) in [4.78, 5) is 45.6. The molecule has 8 unspecified atom stereocenters. The largest absolute Gasteiger partial charge is 0.469 e. The van der Waals surface area contributed by atoms with E-state index in [0.29, 0.717) is 29.1 Å². The lowest BCUT2D eigenvalue weighted by molar-refractivity contribution is -0.144. The minimum Gasteiger partial charge on any atom is -0.469 e. The van der Waals surface area contributed by atoms with Gasteiger partial charge in [-0.1, -0.05) is 97.3 Å². The van der Waals surface area contributed by atoms with Crippen LogP contribution in [0.3, 0.4) is 0 Å². The van der Waals surface area contributed by atoms with Crippen LogP contribution in [0.1, 0.15) is 123 Å². The smallest absolute Gasteiger partial charge is 0.310 e. The summed E-state index contributed by atoms with van der Waals surface area (Å²) >= 11 is 0. The first-order valence-electron chi connectivity index (χ1n) is 19.5. The number of rotatable bonds is 9. The average molecular weight is 743 g/mol. The highest BCUT2D eigenvalue weighted by atomic mass is 16.5. The summed E-state index contributed by atoms with van der Waals surface area (Å²) in [7, 11) is 5.87. The van der Waals surface area contributed by atoms with Gasteiger partial charge in [-0.2, -0.15) is 0 Å². The van der Waals surface area contributed by atoms with Crippen molar-refractivity contribution < 1.29 is 38.1 Å².